The topological polar surface area (TPSA) is 54.0 Å². The van der Waals surface area contributed by atoms with Crippen molar-refractivity contribution in [2.45, 2.75) is 19.0 Å². The van der Waals surface area contributed by atoms with Gasteiger partial charge in [0.05, 0.1) is 0 Å². The first-order valence-electron chi connectivity index (χ1n) is 4.20. The lowest BCUT2D eigenvalue weighted by Crippen LogP contribution is -2.38. The van der Waals surface area contributed by atoms with Crippen LogP contribution < -0.4 is 0 Å². The molecular formula is C9H14O5. The van der Waals surface area contributed by atoms with Crippen molar-refractivity contribution in [1.82, 2.24) is 0 Å². The summed E-state index contributed by atoms with van der Waals surface area (Å²) in [4.78, 5) is 10.6. The molecule has 0 amide bonds. The summed E-state index contributed by atoms with van der Waals surface area (Å²) in [6.45, 7) is 1.35. The zero-order valence-corrected chi connectivity index (χ0v) is 8.48. The minimum absolute atomic E-state index is 0.0230. The third kappa shape index (κ3) is 2.54. The molecule has 5 nitrogen and oxygen atoms in total. The summed E-state index contributed by atoms with van der Waals surface area (Å²) < 4.78 is 20.2. The molecule has 1 heterocycles. The number of methoxy groups -OCH3 is 2. The van der Waals surface area contributed by atoms with E-state index in [4.69, 9.17) is 18.9 Å². The van der Waals surface area contributed by atoms with E-state index in [0.29, 0.717) is 0 Å². The highest BCUT2D eigenvalue weighted by molar-refractivity contribution is 5.65. The lowest BCUT2D eigenvalue weighted by molar-refractivity contribution is -0.258. The second-order valence-electron chi connectivity index (χ2n) is 2.88. The Morgan fingerprint density at radius 3 is 2.71 bits per heavy atom. The third-order valence-corrected chi connectivity index (χ3v) is 1.88. The molecule has 0 N–H and O–H groups in total. The van der Waals surface area contributed by atoms with E-state index in [1.807, 2.05) is 0 Å². The van der Waals surface area contributed by atoms with Crippen LogP contribution in [0.5, 0.6) is 0 Å². The summed E-state index contributed by atoms with van der Waals surface area (Å²) in [7, 11) is 3.00. The molecule has 1 rings (SSSR count). The molecule has 14 heavy (non-hydrogen) atoms. The Bertz CT molecular complexity index is 237. The fraction of sp³-hybridized carbons (Fsp3) is 0.667. The summed E-state index contributed by atoms with van der Waals surface area (Å²) in [5.74, 6) is -1.38. The van der Waals surface area contributed by atoms with Gasteiger partial charge in [0.15, 0.2) is 6.29 Å². The lowest BCUT2D eigenvalue weighted by Gasteiger charge is -2.25. The minimum Gasteiger partial charge on any atom is -0.460 e. The number of hydrogen-bond acceptors (Lipinski definition) is 5. The molecule has 5 heteroatoms. The van der Waals surface area contributed by atoms with Gasteiger partial charge >= 0.3 is 5.97 Å². The van der Waals surface area contributed by atoms with Gasteiger partial charge in [-0.2, -0.15) is 0 Å². The molecule has 0 saturated heterocycles. The van der Waals surface area contributed by atoms with Crippen LogP contribution in [0.4, 0.5) is 0 Å². The van der Waals surface area contributed by atoms with E-state index in [1.54, 1.807) is 12.2 Å². The van der Waals surface area contributed by atoms with E-state index in [2.05, 4.69) is 0 Å². The van der Waals surface area contributed by atoms with Crippen LogP contribution in [0.15, 0.2) is 12.2 Å². The average molecular weight is 202 g/mol. The van der Waals surface area contributed by atoms with Crippen molar-refractivity contribution in [3.8, 4) is 0 Å². The summed E-state index contributed by atoms with van der Waals surface area (Å²) in [5, 5.41) is 0. The Morgan fingerprint density at radius 2 is 2.29 bits per heavy atom. The second kappa shape index (κ2) is 4.54. The van der Waals surface area contributed by atoms with Gasteiger partial charge in [-0.25, -0.2) is 0 Å². The van der Waals surface area contributed by atoms with Crippen LogP contribution in [-0.4, -0.2) is 38.9 Å². The smallest absolute Gasteiger partial charge is 0.302 e. The van der Waals surface area contributed by atoms with Crippen LogP contribution in [0.3, 0.4) is 0 Å². The molecule has 2 unspecified atom stereocenters. The zero-order chi connectivity index (χ0) is 10.6. The maximum absolute atomic E-state index is 10.6. The van der Waals surface area contributed by atoms with Crippen molar-refractivity contribution in [2.75, 3.05) is 20.8 Å². The molecule has 0 aliphatic carbocycles. The van der Waals surface area contributed by atoms with E-state index >= 15 is 0 Å². The second-order valence-corrected chi connectivity index (χ2v) is 2.88. The van der Waals surface area contributed by atoms with Gasteiger partial charge in [0.25, 0.3) is 0 Å². The van der Waals surface area contributed by atoms with Crippen molar-refractivity contribution in [3.05, 3.63) is 12.2 Å². The molecule has 0 radical (unpaired) electrons. The Hall–Kier alpha value is -0.910. The molecule has 0 spiro atoms. The Morgan fingerprint density at radius 1 is 1.57 bits per heavy atom. The molecule has 1 aliphatic rings. The van der Waals surface area contributed by atoms with Crippen molar-refractivity contribution in [1.29, 1.82) is 0 Å². The zero-order valence-electron chi connectivity index (χ0n) is 8.48. The SMILES string of the molecule is COC1C=CC(COC(C)=O)(OC)O1. The maximum Gasteiger partial charge on any atom is 0.302 e. The summed E-state index contributed by atoms with van der Waals surface area (Å²) in [5.41, 5.74) is 0. The van der Waals surface area contributed by atoms with Crippen molar-refractivity contribution in [3.63, 3.8) is 0 Å². The van der Waals surface area contributed by atoms with Gasteiger partial charge in [-0.1, -0.05) is 0 Å². The normalized spacial score (nSPS) is 30.6. The molecule has 0 bridgehead atoms. The van der Waals surface area contributed by atoms with Gasteiger partial charge in [-0.3, -0.25) is 4.79 Å². The van der Waals surface area contributed by atoms with E-state index in [9.17, 15) is 4.79 Å². The number of ether oxygens (including phenoxy) is 4. The fourth-order valence-corrected chi connectivity index (χ4v) is 1.09. The molecule has 0 aromatic heterocycles. The first kappa shape index (κ1) is 11.2. The first-order valence-corrected chi connectivity index (χ1v) is 4.20. The summed E-state index contributed by atoms with van der Waals surface area (Å²) in [6, 6.07) is 0. The lowest BCUT2D eigenvalue weighted by atomic mass is 10.3. The quantitative estimate of drug-likeness (QED) is 0.489. The molecular weight excluding hydrogens is 188 g/mol. The Kier molecular flexibility index (Phi) is 3.62. The fourth-order valence-electron chi connectivity index (χ4n) is 1.09. The van der Waals surface area contributed by atoms with E-state index < -0.39 is 12.1 Å². The predicted molar refractivity (Wildman–Crippen MR) is 47.4 cm³/mol. The number of carbonyl (C=O) groups is 1. The van der Waals surface area contributed by atoms with Crippen LogP contribution in [0.25, 0.3) is 0 Å². The van der Waals surface area contributed by atoms with Gasteiger partial charge in [0.1, 0.15) is 6.61 Å². The molecule has 0 saturated carbocycles. The van der Waals surface area contributed by atoms with Gasteiger partial charge in [0, 0.05) is 21.1 Å². The van der Waals surface area contributed by atoms with Gasteiger partial charge < -0.3 is 18.9 Å². The largest absolute Gasteiger partial charge is 0.460 e. The van der Waals surface area contributed by atoms with Crippen molar-refractivity contribution >= 4 is 5.97 Å². The predicted octanol–water partition coefficient (Wildman–Crippen LogP) is 0.451. The van der Waals surface area contributed by atoms with Crippen LogP contribution >= 0.6 is 0 Å². The van der Waals surface area contributed by atoms with E-state index in [-0.39, 0.29) is 12.6 Å². The van der Waals surface area contributed by atoms with Gasteiger partial charge in [-0.15, -0.1) is 0 Å². The molecule has 0 aromatic rings. The Balaban J connectivity index is 2.52. The highest BCUT2D eigenvalue weighted by atomic mass is 16.8. The molecule has 2 atom stereocenters. The van der Waals surface area contributed by atoms with Gasteiger partial charge in [0.2, 0.25) is 5.79 Å². The van der Waals surface area contributed by atoms with E-state index in [0.717, 1.165) is 0 Å². The first-order chi connectivity index (χ1) is 6.62. The van der Waals surface area contributed by atoms with Crippen LogP contribution in [0.2, 0.25) is 0 Å². The van der Waals surface area contributed by atoms with Crippen LogP contribution in [-0.2, 0) is 23.7 Å². The van der Waals surface area contributed by atoms with Gasteiger partial charge in [-0.05, 0) is 12.2 Å². The monoisotopic (exact) mass is 202 g/mol. The maximum atomic E-state index is 10.6. The highest BCUT2D eigenvalue weighted by Gasteiger charge is 2.37. The number of carbonyl (C=O) groups excluding carboxylic acids is 1. The summed E-state index contributed by atoms with van der Waals surface area (Å²) in [6.07, 6.45) is 2.92. The number of rotatable bonds is 4. The van der Waals surface area contributed by atoms with Crippen LogP contribution in [0, 0.1) is 0 Å². The Labute approximate surface area is 82.6 Å². The molecule has 0 aromatic carbocycles. The molecule has 80 valence electrons. The third-order valence-electron chi connectivity index (χ3n) is 1.88. The number of esters is 1. The average Bonchev–Trinajstić information content (AvgIpc) is 2.59. The van der Waals surface area contributed by atoms with Crippen LogP contribution in [0.1, 0.15) is 6.92 Å². The number of hydrogen-bond donors (Lipinski definition) is 0. The van der Waals surface area contributed by atoms with Crippen molar-refractivity contribution < 1.29 is 23.7 Å². The minimum atomic E-state index is -1.01. The molecule has 0 fully saturated rings. The summed E-state index contributed by atoms with van der Waals surface area (Å²) >= 11 is 0. The molecule has 1 aliphatic heterocycles. The highest BCUT2D eigenvalue weighted by Crippen LogP contribution is 2.24. The standard InChI is InChI=1S/C9H14O5/c1-7(10)13-6-9(12-3)5-4-8(11-2)14-9/h4-5,8H,6H2,1-3H3. The van der Waals surface area contributed by atoms with E-state index in [1.165, 1.54) is 21.1 Å². The van der Waals surface area contributed by atoms with Crippen molar-refractivity contribution in [2.24, 2.45) is 0 Å².